The van der Waals surface area contributed by atoms with Crippen molar-refractivity contribution in [1.29, 1.82) is 0 Å². The molecule has 1 saturated heterocycles. The molecule has 1 aliphatic heterocycles. The number of hydrogen-bond acceptors (Lipinski definition) is 6. The first-order valence-electron chi connectivity index (χ1n) is 7.78. The van der Waals surface area contributed by atoms with Crippen LogP contribution in [0.1, 0.15) is 32.1 Å². The largest absolute Gasteiger partial charge is 0.481 e. The summed E-state index contributed by atoms with van der Waals surface area (Å²) in [4.78, 5) is 34.7. The topological polar surface area (TPSA) is 102 Å². The predicted octanol–water partition coefficient (Wildman–Crippen LogP) is 1.31. The Morgan fingerprint density at radius 1 is 1.26 bits per heavy atom. The van der Waals surface area contributed by atoms with Gasteiger partial charge in [-0.2, -0.15) is 0 Å². The first-order valence-corrected chi connectivity index (χ1v) is 7.78. The van der Waals surface area contributed by atoms with Crippen LogP contribution in [0, 0.1) is 11.3 Å². The number of esters is 2. The molecule has 1 aliphatic carbocycles. The minimum Gasteiger partial charge on any atom is -0.481 e. The molecule has 0 bridgehead atoms. The van der Waals surface area contributed by atoms with Crippen LogP contribution in [-0.2, 0) is 28.6 Å². The Hall–Kier alpha value is -1.89. The maximum absolute atomic E-state index is 12.5. The molecule has 1 N–H and O–H groups in total. The number of carboxylic acid groups (broad SMARTS) is 1. The molecule has 128 valence electrons. The van der Waals surface area contributed by atoms with E-state index in [1.165, 1.54) is 0 Å². The van der Waals surface area contributed by atoms with Crippen LogP contribution in [0.5, 0.6) is 0 Å². The smallest absolute Gasteiger partial charge is 0.330 e. The Balaban J connectivity index is 1.94. The number of aliphatic carboxylic acids is 1. The van der Waals surface area contributed by atoms with Gasteiger partial charge in [0.05, 0.1) is 24.5 Å². The monoisotopic (exact) mass is 326 g/mol. The molecule has 1 saturated carbocycles. The molecule has 1 unspecified atom stereocenters. The zero-order valence-electron chi connectivity index (χ0n) is 13.0. The third kappa shape index (κ3) is 4.79. The molecule has 0 aromatic carbocycles. The highest BCUT2D eigenvalue weighted by molar-refractivity contribution is 5.81. The van der Waals surface area contributed by atoms with Crippen molar-refractivity contribution in [2.45, 2.75) is 38.2 Å². The van der Waals surface area contributed by atoms with Gasteiger partial charge in [-0.05, 0) is 32.1 Å². The molecule has 0 aromatic rings. The fourth-order valence-electron chi connectivity index (χ4n) is 2.87. The normalized spacial score (nSPS) is 29.4. The number of hydrogen-bond donors (Lipinski definition) is 1. The second-order valence-corrected chi connectivity index (χ2v) is 6.07. The number of ether oxygens (including phenoxy) is 3. The van der Waals surface area contributed by atoms with Gasteiger partial charge in [0.2, 0.25) is 0 Å². The van der Waals surface area contributed by atoms with Gasteiger partial charge in [0.1, 0.15) is 12.7 Å². The van der Waals surface area contributed by atoms with Crippen LogP contribution in [0.3, 0.4) is 0 Å². The summed E-state index contributed by atoms with van der Waals surface area (Å²) in [6.07, 6.45) is 3.03. The van der Waals surface area contributed by atoms with E-state index >= 15 is 0 Å². The first-order chi connectivity index (χ1) is 11.0. The Labute approximate surface area is 134 Å². The summed E-state index contributed by atoms with van der Waals surface area (Å²) < 4.78 is 15.3. The molecule has 0 amide bonds. The lowest BCUT2D eigenvalue weighted by molar-refractivity contribution is -0.164. The molecule has 0 radical (unpaired) electrons. The van der Waals surface area contributed by atoms with Crippen LogP contribution in [0.4, 0.5) is 0 Å². The Bertz CT molecular complexity index is 473. The van der Waals surface area contributed by atoms with Crippen molar-refractivity contribution in [3.63, 3.8) is 0 Å². The quantitative estimate of drug-likeness (QED) is 0.407. The predicted molar refractivity (Wildman–Crippen MR) is 78.5 cm³/mol. The van der Waals surface area contributed by atoms with Gasteiger partial charge in [0.15, 0.2) is 0 Å². The van der Waals surface area contributed by atoms with E-state index in [9.17, 15) is 14.4 Å². The third-order valence-electron chi connectivity index (χ3n) is 4.52. The van der Waals surface area contributed by atoms with Crippen LogP contribution >= 0.6 is 0 Å². The lowest BCUT2D eigenvalue weighted by Gasteiger charge is -2.36. The minimum absolute atomic E-state index is 0.0232. The average molecular weight is 326 g/mol. The van der Waals surface area contributed by atoms with Crippen LogP contribution < -0.4 is 0 Å². The van der Waals surface area contributed by atoms with E-state index in [0.717, 1.165) is 6.08 Å². The number of carbonyl (C=O) groups is 3. The molecule has 0 aromatic heterocycles. The summed E-state index contributed by atoms with van der Waals surface area (Å²) in [6, 6.07) is 0. The summed E-state index contributed by atoms with van der Waals surface area (Å²) in [6.45, 7) is 4.21. The molecule has 7 nitrogen and oxygen atoms in total. The van der Waals surface area contributed by atoms with Crippen molar-refractivity contribution in [3.8, 4) is 0 Å². The molecule has 2 fully saturated rings. The maximum Gasteiger partial charge on any atom is 0.330 e. The Morgan fingerprint density at radius 2 is 1.91 bits per heavy atom. The van der Waals surface area contributed by atoms with Gasteiger partial charge in [-0.1, -0.05) is 6.58 Å². The summed E-state index contributed by atoms with van der Waals surface area (Å²) in [5, 5.41) is 9.10. The number of rotatable bonds is 8. The van der Waals surface area contributed by atoms with E-state index in [2.05, 4.69) is 6.58 Å². The van der Waals surface area contributed by atoms with Crippen molar-refractivity contribution in [2.75, 3.05) is 19.8 Å². The van der Waals surface area contributed by atoms with E-state index in [-0.39, 0.29) is 25.3 Å². The van der Waals surface area contributed by atoms with Crippen molar-refractivity contribution < 1.29 is 33.7 Å². The molecule has 1 atom stereocenters. The fourth-order valence-corrected chi connectivity index (χ4v) is 2.87. The molecule has 23 heavy (non-hydrogen) atoms. The van der Waals surface area contributed by atoms with Crippen LogP contribution in [0.15, 0.2) is 12.7 Å². The molecule has 2 rings (SSSR count). The van der Waals surface area contributed by atoms with Gasteiger partial charge in [-0.3, -0.25) is 9.59 Å². The zero-order valence-corrected chi connectivity index (χ0v) is 13.0. The van der Waals surface area contributed by atoms with Crippen LogP contribution in [0.25, 0.3) is 0 Å². The molecule has 0 spiro atoms. The highest BCUT2D eigenvalue weighted by Gasteiger charge is 2.45. The fraction of sp³-hybridized carbons (Fsp3) is 0.688. The second kappa shape index (κ2) is 7.59. The van der Waals surface area contributed by atoms with Gasteiger partial charge in [-0.15, -0.1) is 0 Å². The Morgan fingerprint density at radius 3 is 2.43 bits per heavy atom. The average Bonchev–Trinajstić information content (AvgIpc) is 3.37. The van der Waals surface area contributed by atoms with Gasteiger partial charge >= 0.3 is 17.9 Å². The van der Waals surface area contributed by atoms with Gasteiger partial charge < -0.3 is 19.3 Å². The van der Waals surface area contributed by atoms with Gasteiger partial charge in [-0.25, -0.2) is 4.79 Å². The SMILES string of the molecule is C=CC(=O)OCCC1(C(=O)OCC2CO2)CCC(C(=O)O)CC1. The maximum atomic E-state index is 12.5. The minimum atomic E-state index is -0.837. The summed E-state index contributed by atoms with van der Waals surface area (Å²) >= 11 is 0. The first kappa shape index (κ1) is 17.5. The van der Waals surface area contributed by atoms with E-state index in [1.807, 2.05) is 0 Å². The molecule has 7 heteroatoms. The van der Waals surface area contributed by atoms with E-state index in [1.54, 1.807) is 0 Å². The molecule has 2 aliphatic rings. The van der Waals surface area contributed by atoms with Gasteiger partial charge in [0, 0.05) is 6.08 Å². The van der Waals surface area contributed by atoms with Crippen molar-refractivity contribution in [3.05, 3.63) is 12.7 Å². The summed E-state index contributed by atoms with van der Waals surface area (Å²) in [5.74, 6) is -2.17. The second-order valence-electron chi connectivity index (χ2n) is 6.07. The van der Waals surface area contributed by atoms with E-state index in [0.29, 0.717) is 38.7 Å². The molecular formula is C16H22O7. The zero-order chi connectivity index (χ0) is 16.9. The summed E-state index contributed by atoms with van der Waals surface area (Å²) in [5.41, 5.74) is -0.789. The Kier molecular flexibility index (Phi) is 5.76. The van der Waals surface area contributed by atoms with E-state index in [4.69, 9.17) is 19.3 Å². The lowest BCUT2D eigenvalue weighted by atomic mass is 9.68. The lowest BCUT2D eigenvalue weighted by Crippen LogP contribution is -2.40. The van der Waals surface area contributed by atoms with Crippen LogP contribution in [0.2, 0.25) is 0 Å². The number of carbonyl (C=O) groups excluding carboxylic acids is 2. The number of epoxide rings is 1. The van der Waals surface area contributed by atoms with Crippen LogP contribution in [-0.4, -0.2) is 48.9 Å². The molecule has 1 heterocycles. The van der Waals surface area contributed by atoms with Crippen molar-refractivity contribution >= 4 is 17.9 Å². The highest BCUT2D eigenvalue weighted by Crippen LogP contribution is 2.43. The van der Waals surface area contributed by atoms with Crippen molar-refractivity contribution in [2.24, 2.45) is 11.3 Å². The summed E-state index contributed by atoms with van der Waals surface area (Å²) in [7, 11) is 0. The standard InChI is InChI=1S/C16H22O7/c1-2-13(17)21-8-7-16(15(20)23-10-12-9-22-12)5-3-11(4-6-16)14(18)19/h2,11-12H,1,3-10H2,(H,18,19). The van der Waals surface area contributed by atoms with Crippen molar-refractivity contribution in [1.82, 2.24) is 0 Å². The van der Waals surface area contributed by atoms with Gasteiger partial charge in [0.25, 0.3) is 0 Å². The highest BCUT2D eigenvalue weighted by atomic mass is 16.6. The third-order valence-corrected chi connectivity index (χ3v) is 4.52. The number of carboxylic acids is 1. The van der Waals surface area contributed by atoms with E-state index < -0.39 is 23.3 Å². The molecular weight excluding hydrogens is 304 g/mol.